The van der Waals surface area contributed by atoms with Crippen molar-refractivity contribution in [3.8, 4) is 0 Å². The van der Waals surface area contributed by atoms with Crippen molar-refractivity contribution in [1.82, 2.24) is 15.1 Å². The number of rotatable bonds is 8. The number of amides is 2. The number of carbonyl (C=O) groups excluding carboxylic acids is 1. The number of likely N-dealkylation sites (tertiary alicyclic amines) is 1. The highest BCUT2D eigenvalue weighted by molar-refractivity contribution is 5.74. The molecular formula is C19H31N3O2. The van der Waals surface area contributed by atoms with Gasteiger partial charge in [-0.25, -0.2) is 4.79 Å². The van der Waals surface area contributed by atoms with Gasteiger partial charge in [0.05, 0.1) is 6.61 Å². The number of methoxy groups -OCH3 is 1. The van der Waals surface area contributed by atoms with E-state index in [9.17, 15) is 4.79 Å². The monoisotopic (exact) mass is 333 g/mol. The van der Waals surface area contributed by atoms with Crippen molar-refractivity contribution in [2.24, 2.45) is 0 Å². The summed E-state index contributed by atoms with van der Waals surface area (Å²) in [5.41, 5.74) is 2.39. The predicted octanol–water partition coefficient (Wildman–Crippen LogP) is 2.64. The van der Waals surface area contributed by atoms with E-state index >= 15 is 0 Å². The molecule has 0 spiro atoms. The van der Waals surface area contributed by atoms with Gasteiger partial charge in [0.15, 0.2) is 0 Å². The van der Waals surface area contributed by atoms with Crippen LogP contribution in [-0.2, 0) is 11.3 Å². The molecular weight excluding hydrogens is 302 g/mol. The maximum atomic E-state index is 12.7. The Morgan fingerprint density at radius 1 is 1.42 bits per heavy atom. The molecule has 1 saturated heterocycles. The van der Waals surface area contributed by atoms with Crippen LogP contribution in [0.25, 0.3) is 0 Å². The summed E-state index contributed by atoms with van der Waals surface area (Å²) in [7, 11) is 1.67. The van der Waals surface area contributed by atoms with Crippen LogP contribution in [0.5, 0.6) is 0 Å². The molecule has 5 heteroatoms. The highest BCUT2D eigenvalue weighted by Crippen LogP contribution is 2.16. The van der Waals surface area contributed by atoms with Crippen molar-refractivity contribution < 1.29 is 9.53 Å². The first-order valence-electron chi connectivity index (χ1n) is 8.96. The number of benzene rings is 1. The van der Waals surface area contributed by atoms with Crippen molar-refractivity contribution in [2.45, 2.75) is 39.3 Å². The van der Waals surface area contributed by atoms with Crippen LogP contribution in [0.15, 0.2) is 24.3 Å². The van der Waals surface area contributed by atoms with Gasteiger partial charge >= 0.3 is 6.03 Å². The standard InChI is InChI=1S/C19H31N3O2/c1-4-21-11-7-10-18(21)14-20-19(23)22(12-13-24-3)15-17-9-6-5-8-16(17)2/h5-6,8-9,18H,4,7,10-15H2,1-3H3,(H,20,23)/t18-/m0/s1. The van der Waals surface area contributed by atoms with Crippen LogP contribution >= 0.6 is 0 Å². The lowest BCUT2D eigenvalue weighted by Gasteiger charge is -2.27. The molecule has 5 nitrogen and oxygen atoms in total. The molecule has 0 radical (unpaired) electrons. The second kappa shape index (κ2) is 9.64. The van der Waals surface area contributed by atoms with Crippen molar-refractivity contribution in [3.05, 3.63) is 35.4 Å². The van der Waals surface area contributed by atoms with Gasteiger partial charge in [-0.05, 0) is 44.0 Å². The van der Waals surface area contributed by atoms with Crippen LogP contribution in [-0.4, -0.2) is 61.8 Å². The molecule has 1 atom stereocenters. The van der Waals surface area contributed by atoms with Crippen molar-refractivity contribution in [2.75, 3.05) is 39.9 Å². The molecule has 0 aromatic heterocycles. The van der Waals surface area contributed by atoms with Crippen LogP contribution in [0.2, 0.25) is 0 Å². The van der Waals surface area contributed by atoms with E-state index in [0.717, 1.165) is 19.6 Å². The smallest absolute Gasteiger partial charge is 0.317 e. The minimum atomic E-state index is -0.00161. The van der Waals surface area contributed by atoms with Crippen LogP contribution in [0.3, 0.4) is 0 Å². The van der Waals surface area contributed by atoms with E-state index in [-0.39, 0.29) is 6.03 Å². The number of urea groups is 1. The van der Waals surface area contributed by atoms with Crippen molar-refractivity contribution in [1.29, 1.82) is 0 Å². The SMILES string of the molecule is CCN1CCC[C@H]1CNC(=O)N(CCOC)Cc1ccccc1C. The summed E-state index contributed by atoms with van der Waals surface area (Å²) in [5.74, 6) is 0. The molecule has 0 unspecified atom stereocenters. The molecule has 1 aromatic rings. The molecule has 134 valence electrons. The second-order valence-corrected chi connectivity index (χ2v) is 6.45. The molecule has 1 aliphatic rings. The fourth-order valence-corrected chi connectivity index (χ4v) is 3.31. The molecule has 1 fully saturated rings. The summed E-state index contributed by atoms with van der Waals surface area (Å²) in [5, 5.41) is 3.13. The largest absolute Gasteiger partial charge is 0.383 e. The molecule has 2 rings (SSSR count). The fourth-order valence-electron chi connectivity index (χ4n) is 3.31. The second-order valence-electron chi connectivity index (χ2n) is 6.45. The molecule has 1 heterocycles. The minimum absolute atomic E-state index is 0.00161. The maximum Gasteiger partial charge on any atom is 0.317 e. The first-order chi connectivity index (χ1) is 11.7. The predicted molar refractivity (Wildman–Crippen MR) is 97.1 cm³/mol. The summed E-state index contributed by atoms with van der Waals surface area (Å²) < 4.78 is 5.17. The lowest BCUT2D eigenvalue weighted by Crippen LogP contribution is -2.46. The van der Waals surface area contributed by atoms with E-state index in [4.69, 9.17) is 4.74 Å². The molecule has 1 N–H and O–H groups in total. The van der Waals surface area contributed by atoms with Gasteiger partial charge in [0.25, 0.3) is 0 Å². The Hall–Kier alpha value is -1.59. The molecule has 1 aliphatic heterocycles. The summed E-state index contributed by atoms with van der Waals surface area (Å²) in [6, 6.07) is 8.68. The number of likely N-dealkylation sites (N-methyl/N-ethyl adjacent to an activating group) is 1. The number of hydrogen-bond acceptors (Lipinski definition) is 3. The van der Waals surface area contributed by atoms with Crippen molar-refractivity contribution in [3.63, 3.8) is 0 Å². The lowest BCUT2D eigenvalue weighted by molar-refractivity contribution is 0.144. The Bertz CT molecular complexity index is 521. The van der Waals surface area contributed by atoms with Crippen LogP contribution in [0.1, 0.15) is 30.9 Å². The zero-order valence-corrected chi connectivity index (χ0v) is 15.3. The van der Waals surface area contributed by atoms with E-state index in [2.05, 4.69) is 36.2 Å². The van der Waals surface area contributed by atoms with Gasteiger partial charge in [-0.2, -0.15) is 0 Å². The Morgan fingerprint density at radius 3 is 2.92 bits per heavy atom. The molecule has 24 heavy (non-hydrogen) atoms. The zero-order chi connectivity index (χ0) is 17.4. The fraction of sp³-hybridized carbons (Fsp3) is 0.632. The van der Waals surface area contributed by atoms with Gasteiger partial charge in [-0.1, -0.05) is 31.2 Å². The summed E-state index contributed by atoms with van der Waals surface area (Å²) in [4.78, 5) is 16.9. The van der Waals surface area contributed by atoms with Gasteiger partial charge < -0.3 is 15.0 Å². The zero-order valence-electron chi connectivity index (χ0n) is 15.3. The highest BCUT2D eigenvalue weighted by atomic mass is 16.5. The van der Waals surface area contributed by atoms with Gasteiger partial charge in [0.1, 0.15) is 0 Å². The number of hydrogen-bond donors (Lipinski definition) is 1. The van der Waals surface area contributed by atoms with Crippen LogP contribution < -0.4 is 5.32 Å². The third-order valence-corrected chi connectivity index (χ3v) is 4.87. The molecule has 0 bridgehead atoms. The Labute approximate surface area is 146 Å². The van der Waals surface area contributed by atoms with E-state index < -0.39 is 0 Å². The van der Waals surface area contributed by atoms with Gasteiger partial charge in [-0.15, -0.1) is 0 Å². The topological polar surface area (TPSA) is 44.8 Å². The van der Waals surface area contributed by atoms with Gasteiger partial charge in [-0.3, -0.25) is 4.90 Å². The quantitative estimate of drug-likeness (QED) is 0.795. The van der Waals surface area contributed by atoms with Crippen LogP contribution in [0.4, 0.5) is 4.79 Å². The molecule has 2 amide bonds. The molecule has 0 saturated carbocycles. The van der Waals surface area contributed by atoms with Gasteiger partial charge in [0.2, 0.25) is 0 Å². The third-order valence-electron chi connectivity index (χ3n) is 4.87. The summed E-state index contributed by atoms with van der Waals surface area (Å²) in [6.45, 7) is 8.95. The average Bonchev–Trinajstić information content (AvgIpc) is 3.05. The third kappa shape index (κ3) is 5.21. The van der Waals surface area contributed by atoms with Crippen LogP contribution in [0, 0.1) is 6.92 Å². The summed E-state index contributed by atoms with van der Waals surface area (Å²) in [6.07, 6.45) is 2.40. The molecule has 0 aliphatic carbocycles. The Kier molecular flexibility index (Phi) is 7.53. The van der Waals surface area contributed by atoms with E-state index in [1.165, 1.54) is 24.0 Å². The average molecular weight is 333 g/mol. The van der Waals surface area contributed by atoms with E-state index in [0.29, 0.717) is 25.7 Å². The normalized spacial score (nSPS) is 17.9. The van der Waals surface area contributed by atoms with Gasteiger partial charge in [0, 0.05) is 32.8 Å². The number of nitrogens with one attached hydrogen (secondary N) is 1. The molecule has 1 aromatic carbocycles. The first-order valence-corrected chi connectivity index (χ1v) is 8.96. The highest BCUT2D eigenvalue weighted by Gasteiger charge is 2.24. The van der Waals surface area contributed by atoms with Crippen molar-refractivity contribution >= 4 is 6.03 Å². The Morgan fingerprint density at radius 2 is 2.21 bits per heavy atom. The number of ether oxygens (including phenoxy) is 1. The summed E-state index contributed by atoms with van der Waals surface area (Å²) >= 11 is 0. The Balaban J connectivity index is 1.93. The lowest BCUT2D eigenvalue weighted by atomic mass is 10.1. The maximum absolute atomic E-state index is 12.7. The number of carbonyl (C=O) groups is 1. The number of nitrogens with zero attached hydrogens (tertiary/aromatic N) is 2. The van der Waals surface area contributed by atoms with E-state index in [1.807, 2.05) is 17.0 Å². The number of aryl methyl sites for hydroxylation is 1. The first kappa shape index (κ1) is 18.7. The minimum Gasteiger partial charge on any atom is -0.383 e. The van der Waals surface area contributed by atoms with E-state index in [1.54, 1.807) is 7.11 Å².